The van der Waals surface area contributed by atoms with Gasteiger partial charge in [-0.1, -0.05) is 34.1 Å². The first kappa shape index (κ1) is 13.9. The first-order chi connectivity index (χ1) is 6.55. The van der Waals surface area contributed by atoms with Crippen LogP contribution in [0.1, 0.15) is 34.1 Å². The molecule has 0 radical (unpaired) electrons. The van der Waals surface area contributed by atoms with Crippen molar-refractivity contribution in [3.8, 4) is 0 Å². The largest absolute Gasteiger partial charge is 0.384 e. The molecule has 1 unspecified atom stereocenters. The molecule has 0 heterocycles. The molecule has 0 saturated heterocycles. The van der Waals surface area contributed by atoms with E-state index in [2.05, 4.69) is 27.7 Å². The molecule has 0 aromatic carbocycles. The van der Waals surface area contributed by atoms with E-state index in [9.17, 15) is 0 Å². The minimum Gasteiger partial charge on any atom is -0.384 e. The minimum atomic E-state index is 0.165. The normalized spacial score (nSPS) is 14.8. The van der Waals surface area contributed by atoms with E-state index in [-0.39, 0.29) is 5.41 Å². The predicted octanol–water partition coefficient (Wildman–Crippen LogP) is 2.97. The molecule has 0 saturated carbocycles. The van der Waals surface area contributed by atoms with Gasteiger partial charge in [-0.2, -0.15) is 0 Å². The zero-order chi connectivity index (χ0) is 11.2. The quantitative estimate of drug-likeness (QED) is 0.632. The standard InChI is InChI=1S/C12H26O2/c1-7-11(4)12(8-13-5,9-14-6)10(2)3/h10-11H,7-9H2,1-6H3. The second-order valence-electron chi connectivity index (χ2n) is 4.56. The maximum atomic E-state index is 5.36. The summed E-state index contributed by atoms with van der Waals surface area (Å²) < 4.78 is 10.7. The summed E-state index contributed by atoms with van der Waals surface area (Å²) in [5.74, 6) is 1.21. The summed E-state index contributed by atoms with van der Waals surface area (Å²) in [6, 6.07) is 0. The highest BCUT2D eigenvalue weighted by molar-refractivity contribution is 4.86. The van der Waals surface area contributed by atoms with Crippen LogP contribution in [0.3, 0.4) is 0 Å². The summed E-state index contributed by atoms with van der Waals surface area (Å²) in [5, 5.41) is 0. The van der Waals surface area contributed by atoms with E-state index in [1.165, 1.54) is 6.42 Å². The van der Waals surface area contributed by atoms with E-state index in [1.807, 2.05) is 0 Å². The summed E-state index contributed by atoms with van der Waals surface area (Å²) in [4.78, 5) is 0. The SMILES string of the molecule is CCC(C)C(COC)(COC)C(C)C. The number of ether oxygens (including phenoxy) is 2. The summed E-state index contributed by atoms with van der Waals surface area (Å²) in [5.41, 5.74) is 0.165. The van der Waals surface area contributed by atoms with Crippen molar-refractivity contribution in [3.63, 3.8) is 0 Å². The van der Waals surface area contributed by atoms with Gasteiger partial charge in [-0.3, -0.25) is 0 Å². The molecule has 0 fully saturated rings. The Bertz CT molecular complexity index is 137. The second-order valence-corrected chi connectivity index (χ2v) is 4.56. The topological polar surface area (TPSA) is 18.5 Å². The molecule has 0 amide bonds. The smallest absolute Gasteiger partial charge is 0.0545 e. The molecular weight excluding hydrogens is 176 g/mol. The predicted molar refractivity (Wildman–Crippen MR) is 60.5 cm³/mol. The van der Waals surface area contributed by atoms with Crippen molar-refractivity contribution in [2.45, 2.75) is 34.1 Å². The maximum Gasteiger partial charge on any atom is 0.0545 e. The Hall–Kier alpha value is -0.0800. The molecule has 0 aromatic heterocycles. The van der Waals surface area contributed by atoms with Crippen LogP contribution >= 0.6 is 0 Å². The van der Waals surface area contributed by atoms with Crippen molar-refractivity contribution in [3.05, 3.63) is 0 Å². The monoisotopic (exact) mass is 202 g/mol. The molecule has 0 N–H and O–H groups in total. The molecule has 0 aliphatic carbocycles. The first-order valence-electron chi connectivity index (χ1n) is 5.53. The van der Waals surface area contributed by atoms with Crippen LogP contribution in [0.25, 0.3) is 0 Å². The van der Waals surface area contributed by atoms with E-state index in [0.29, 0.717) is 11.8 Å². The number of methoxy groups -OCH3 is 2. The van der Waals surface area contributed by atoms with Crippen molar-refractivity contribution in [1.82, 2.24) is 0 Å². The van der Waals surface area contributed by atoms with Gasteiger partial charge in [0.05, 0.1) is 13.2 Å². The van der Waals surface area contributed by atoms with Crippen LogP contribution in [0, 0.1) is 17.3 Å². The summed E-state index contributed by atoms with van der Waals surface area (Å²) in [6.45, 7) is 10.6. The van der Waals surface area contributed by atoms with Crippen LogP contribution in [0.4, 0.5) is 0 Å². The Morgan fingerprint density at radius 1 is 1.00 bits per heavy atom. The Balaban J connectivity index is 4.72. The van der Waals surface area contributed by atoms with Crippen LogP contribution in [0.5, 0.6) is 0 Å². The fourth-order valence-electron chi connectivity index (χ4n) is 2.17. The van der Waals surface area contributed by atoms with Crippen LogP contribution in [-0.2, 0) is 9.47 Å². The molecule has 0 aliphatic rings. The Morgan fingerprint density at radius 3 is 1.64 bits per heavy atom. The minimum absolute atomic E-state index is 0.165. The molecular formula is C12H26O2. The van der Waals surface area contributed by atoms with E-state index < -0.39 is 0 Å². The number of rotatable bonds is 7. The Morgan fingerprint density at radius 2 is 1.43 bits per heavy atom. The van der Waals surface area contributed by atoms with Gasteiger partial charge in [-0.25, -0.2) is 0 Å². The van der Waals surface area contributed by atoms with Gasteiger partial charge in [0.1, 0.15) is 0 Å². The molecule has 0 rings (SSSR count). The lowest BCUT2D eigenvalue weighted by Gasteiger charge is -2.41. The molecule has 0 spiro atoms. The third-order valence-corrected chi connectivity index (χ3v) is 3.57. The van der Waals surface area contributed by atoms with E-state index in [4.69, 9.17) is 9.47 Å². The molecule has 14 heavy (non-hydrogen) atoms. The average Bonchev–Trinajstić information content (AvgIpc) is 2.15. The van der Waals surface area contributed by atoms with E-state index >= 15 is 0 Å². The van der Waals surface area contributed by atoms with Gasteiger partial charge in [0.15, 0.2) is 0 Å². The van der Waals surface area contributed by atoms with Crippen molar-refractivity contribution in [2.24, 2.45) is 17.3 Å². The Labute approximate surface area is 89.0 Å². The van der Waals surface area contributed by atoms with Crippen molar-refractivity contribution in [1.29, 1.82) is 0 Å². The first-order valence-corrected chi connectivity index (χ1v) is 5.53. The highest BCUT2D eigenvalue weighted by atomic mass is 16.5. The zero-order valence-corrected chi connectivity index (χ0v) is 10.6. The molecule has 2 nitrogen and oxygen atoms in total. The highest BCUT2D eigenvalue weighted by Crippen LogP contribution is 2.38. The van der Waals surface area contributed by atoms with E-state index in [1.54, 1.807) is 14.2 Å². The fourth-order valence-corrected chi connectivity index (χ4v) is 2.17. The van der Waals surface area contributed by atoms with Crippen LogP contribution in [0.15, 0.2) is 0 Å². The lowest BCUT2D eigenvalue weighted by atomic mass is 9.68. The third kappa shape index (κ3) is 2.96. The Kier molecular flexibility index (Phi) is 6.38. The van der Waals surface area contributed by atoms with Crippen LogP contribution in [-0.4, -0.2) is 27.4 Å². The molecule has 1 atom stereocenters. The van der Waals surface area contributed by atoms with Gasteiger partial charge in [-0.15, -0.1) is 0 Å². The van der Waals surface area contributed by atoms with E-state index in [0.717, 1.165) is 13.2 Å². The van der Waals surface area contributed by atoms with Crippen molar-refractivity contribution >= 4 is 0 Å². The van der Waals surface area contributed by atoms with Crippen molar-refractivity contribution in [2.75, 3.05) is 27.4 Å². The van der Waals surface area contributed by atoms with Gasteiger partial charge in [-0.05, 0) is 11.8 Å². The molecule has 2 heteroatoms. The maximum absolute atomic E-state index is 5.36. The van der Waals surface area contributed by atoms with Gasteiger partial charge in [0.25, 0.3) is 0 Å². The van der Waals surface area contributed by atoms with Crippen LogP contribution < -0.4 is 0 Å². The number of hydrogen-bond donors (Lipinski definition) is 0. The van der Waals surface area contributed by atoms with Gasteiger partial charge in [0, 0.05) is 19.6 Å². The van der Waals surface area contributed by atoms with Gasteiger partial charge >= 0.3 is 0 Å². The van der Waals surface area contributed by atoms with Gasteiger partial charge < -0.3 is 9.47 Å². The molecule has 0 aromatic rings. The number of hydrogen-bond acceptors (Lipinski definition) is 2. The molecule has 0 bridgehead atoms. The second kappa shape index (κ2) is 6.41. The lowest BCUT2D eigenvalue weighted by Crippen LogP contribution is -2.42. The molecule has 86 valence electrons. The third-order valence-electron chi connectivity index (χ3n) is 3.57. The highest BCUT2D eigenvalue weighted by Gasteiger charge is 2.38. The summed E-state index contributed by atoms with van der Waals surface area (Å²) >= 11 is 0. The summed E-state index contributed by atoms with van der Waals surface area (Å²) in [6.07, 6.45) is 1.17. The molecule has 0 aliphatic heterocycles. The van der Waals surface area contributed by atoms with Crippen molar-refractivity contribution < 1.29 is 9.47 Å². The van der Waals surface area contributed by atoms with Gasteiger partial charge in [0.2, 0.25) is 0 Å². The average molecular weight is 202 g/mol. The van der Waals surface area contributed by atoms with Crippen LogP contribution in [0.2, 0.25) is 0 Å². The fraction of sp³-hybridized carbons (Fsp3) is 1.00. The lowest BCUT2D eigenvalue weighted by molar-refractivity contribution is -0.0572. The zero-order valence-electron chi connectivity index (χ0n) is 10.6. The summed E-state index contributed by atoms with van der Waals surface area (Å²) in [7, 11) is 3.55.